The van der Waals surface area contributed by atoms with E-state index >= 15 is 0 Å². The third-order valence-electron chi connectivity index (χ3n) is 5.05. The summed E-state index contributed by atoms with van der Waals surface area (Å²) in [6, 6.07) is 0. The molecule has 1 rings (SSSR count). The molecule has 4 heteroatoms. The Morgan fingerprint density at radius 3 is 2.25 bits per heavy atom. The molecule has 0 unspecified atom stereocenters. The van der Waals surface area contributed by atoms with Gasteiger partial charge in [-0.15, -0.1) is 0 Å². The van der Waals surface area contributed by atoms with Crippen molar-refractivity contribution >= 4 is 14.3 Å². The molecule has 1 aliphatic heterocycles. The van der Waals surface area contributed by atoms with Crippen molar-refractivity contribution in [3.63, 3.8) is 0 Å². The van der Waals surface area contributed by atoms with Crippen molar-refractivity contribution in [1.82, 2.24) is 0 Å². The molecule has 0 N–H and O–H groups in total. The molecule has 118 valence electrons. The second kappa shape index (κ2) is 6.18. The van der Waals surface area contributed by atoms with Crippen LogP contribution in [-0.2, 0) is 14.0 Å². The van der Waals surface area contributed by atoms with Crippen molar-refractivity contribution in [2.24, 2.45) is 11.8 Å². The first-order valence-corrected chi connectivity index (χ1v) is 10.8. The molecule has 0 aromatic heterocycles. The minimum atomic E-state index is -1.87. The molecule has 1 fully saturated rings. The van der Waals surface area contributed by atoms with Gasteiger partial charge in [-0.05, 0) is 31.5 Å². The zero-order valence-corrected chi connectivity index (χ0v) is 15.4. The van der Waals surface area contributed by atoms with Crippen molar-refractivity contribution in [3.05, 3.63) is 0 Å². The fourth-order valence-corrected chi connectivity index (χ4v) is 3.95. The molecule has 0 spiro atoms. The smallest absolute Gasteiger partial charge is 0.311 e. The van der Waals surface area contributed by atoms with Crippen LogP contribution in [0.1, 0.15) is 54.4 Å². The number of esters is 1. The zero-order chi connectivity index (χ0) is 15.7. The highest BCUT2D eigenvalue weighted by atomic mass is 28.4. The number of cyclic esters (lactones) is 1. The monoisotopic (exact) mass is 300 g/mol. The molecule has 0 bridgehead atoms. The summed E-state index contributed by atoms with van der Waals surface area (Å²) in [5.74, 6) is 0.0225. The summed E-state index contributed by atoms with van der Waals surface area (Å²) < 4.78 is 12.1. The lowest BCUT2D eigenvalue weighted by atomic mass is 9.85. The molecule has 20 heavy (non-hydrogen) atoms. The summed E-state index contributed by atoms with van der Waals surface area (Å²) in [6.45, 7) is 17.4. The third kappa shape index (κ3) is 3.64. The van der Waals surface area contributed by atoms with Crippen LogP contribution in [0.3, 0.4) is 0 Å². The molecule has 0 amide bonds. The number of rotatable bonds is 4. The quantitative estimate of drug-likeness (QED) is 0.571. The maximum atomic E-state index is 12.1. The van der Waals surface area contributed by atoms with E-state index < -0.39 is 8.32 Å². The lowest BCUT2D eigenvalue weighted by Crippen LogP contribution is -2.54. The van der Waals surface area contributed by atoms with Gasteiger partial charge in [-0.2, -0.15) is 0 Å². The van der Waals surface area contributed by atoms with Gasteiger partial charge in [0.15, 0.2) is 8.32 Å². The first kappa shape index (κ1) is 17.7. The highest BCUT2D eigenvalue weighted by Gasteiger charge is 2.47. The Morgan fingerprint density at radius 1 is 1.25 bits per heavy atom. The first-order chi connectivity index (χ1) is 9.01. The van der Waals surface area contributed by atoms with Gasteiger partial charge in [0.25, 0.3) is 0 Å². The predicted octanol–water partition coefficient (Wildman–Crippen LogP) is 4.37. The van der Waals surface area contributed by atoms with Gasteiger partial charge in [-0.3, -0.25) is 4.79 Å². The van der Waals surface area contributed by atoms with E-state index in [-0.39, 0.29) is 35.1 Å². The molecule has 0 aliphatic carbocycles. The maximum Gasteiger partial charge on any atom is 0.311 e. The standard InChI is InChI=1S/C16H32O3Si/c1-9-10-13-11(2)14(12(3)15(17)18-13)19-20(7,8)16(4,5)6/h11-14H,9-10H2,1-8H3/t11-,12-,13+,14-/m0/s1. The third-order valence-corrected chi connectivity index (χ3v) is 9.52. The summed E-state index contributed by atoms with van der Waals surface area (Å²) in [5, 5.41) is 0.161. The van der Waals surface area contributed by atoms with Gasteiger partial charge < -0.3 is 9.16 Å². The summed E-state index contributed by atoms with van der Waals surface area (Å²) >= 11 is 0. The molecular formula is C16H32O3Si. The Morgan fingerprint density at radius 2 is 1.80 bits per heavy atom. The normalized spacial score (nSPS) is 32.1. The molecule has 0 aromatic rings. The van der Waals surface area contributed by atoms with E-state index in [1.807, 2.05) is 6.92 Å². The second-order valence-electron chi connectivity index (χ2n) is 7.75. The van der Waals surface area contributed by atoms with E-state index in [2.05, 4.69) is 47.7 Å². The Kier molecular flexibility index (Phi) is 5.47. The Hall–Kier alpha value is -0.353. The number of ether oxygens (including phenoxy) is 1. The lowest BCUT2D eigenvalue weighted by Gasteiger charge is -2.46. The summed E-state index contributed by atoms with van der Waals surface area (Å²) in [5.41, 5.74) is 0. The van der Waals surface area contributed by atoms with Crippen molar-refractivity contribution in [1.29, 1.82) is 0 Å². The average molecular weight is 301 g/mol. The van der Waals surface area contributed by atoms with Crippen molar-refractivity contribution in [3.8, 4) is 0 Å². The molecule has 4 atom stereocenters. The molecule has 0 radical (unpaired) electrons. The number of carbonyl (C=O) groups is 1. The van der Waals surface area contributed by atoms with Crippen molar-refractivity contribution < 1.29 is 14.0 Å². The van der Waals surface area contributed by atoms with E-state index in [1.165, 1.54) is 0 Å². The lowest BCUT2D eigenvalue weighted by molar-refractivity contribution is -0.176. The average Bonchev–Trinajstić information content (AvgIpc) is 2.30. The summed E-state index contributed by atoms with van der Waals surface area (Å²) in [6.07, 6.45) is 1.97. The molecule has 1 aliphatic rings. The van der Waals surface area contributed by atoms with Crippen molar-refractivity contribution in [2.75, 3.05) is 0 Å². The molecule has 1 saturated heterocycles. The van der Waals surface area contributed by atoms with Gasteiger partial charge in [-0.25, -0.2) is 0 Å². The predicted molar refractivity (Wildman–Crippen MR) is 85.2 cm³/mol. The molecule has 0 aromatic carbocycles. The summed E-state index contributed by atoms with van der Waals surface area (Å²) in [4.78, 5) is 12.1. The number of carbonyl (C=O) groups excluding carboxylic acids is 1. The van der Waals surface area contributed by atoms with E-state index in [1.54, 1.807) is 0 Å². The molecular weight excluding hydrogens is 268 g/mol. The van der Waals surface area contributed by atoms with Gasteiger partial charge in [0, 0.05) is 5.92 Å². The largest absolute Gasteiger partial charge is 0.462 e. The fourth-order valence-electron chi connectivity index (χ4n) is 2.50. The molecule has 1 heterocycles. The minimum Gasteiger partial charge on any atom is -0.462 e. The van der Waals surface area contributed by atoms with Crippen LogP contribution in [0.15, 0.2) is 0 Å². The number of hydrogen-bond acceptors (Lipinski definition) is 3. The van der Waals surface area contributed by atoms with Crippen molar-refractivity contribution in [2.45, 2.75) is 84.7 Å². The first-order valence-electron chi connectivity index (χ1n) is 7.89. The Bertz CT molecular complexity index is 346. The maximum absolute atomic E-state index is 12.1. The van der Waals surface area contributed by atoms with Gasteiger partial charge in [0.05, 0.1) is 12.0 Å². The number of hydrogen-bond donors (Lipinski definition) is 0. The highest BCUT2D eigenvalue weighted by molar-refractivity contribution is 6.74. The van der Waals surface area contributed by atoms with Crippen LogP contribution in [0.5, 0.6) is 0 Å². The van der Waals surface area contributed by atoms with Crippen LogP contribution < -0.4 is 0 Å². The van der Waals surface area contributed by atoms with Gasteiger partial charge in [0.1, 0.15) is 6.10 Å². The minimum absolute atomic E-state index is 0.00584. The fraction of sp³-hybridized carbons (Fsp3) is 0.938. The van der Waals surface area contributed by atoms with Crippen LogP contribution in [0, 0.1) is 11.8 Å². The van der Waals surface area contributed by atoms with E-state index in [9.17, 15) is 4.79 Å². The van der Waals surface area contributed by atoms with Crippen LogP contribution in [-0.4, -0.2) is 26.5 Å². The molecule has 0 saturated carbocycles. The summed E-state index contributed by atoms with van der Waals surface area (Å²) in [7, 11) is -1.87. The van der Waals surface area contributed by atoms with Crippen LogP contribution in [0.4, 0.5) is 0 Å². The Labute approximate surface area is 125 Å². The molecule has 3 nitrogen and oxygen atoms in total. The second-order valence-corrected chi connectivity index (χ2v) is 12.5. The van der Waals surface area contributed by atoms with Crippen LogP contribution in [0.2, 0.25) is 18.1 Å². The van der Waals surface area contributed by atoms with Gasteiger partial charge in [-0.1, -0.05) is 41.0 Å². The highest BCUT2D eigenvalue weighted by Crippen LogP contribution is 2.41. The Balaban J connectivity index is 2.92. The van der Waals surface area contributed by atoms with E-state index in [4.69, 9.17) is 9.16 Å². The van der Waals surface area contributed by atoms with Crippen LogP contribution >= 0.6 is 0 Å². The van der Waals surface area contributed by atoms with E-state index in [0.29, 0.717) is 0 Å². The van der Waals surface area contributed by atoms with Crippen LogP contribution in [0.25, 0.3) is 0 Å². The SMILES string of the molecule is CCC[C@H]1OC(=O)[C@@H](C)[C@@H](O[Si](C)(C)C(C)(C)C)[C@H]1C. The van der Waals surface area contributed by atoms with Gasteiger partial charge in [0.2, 0.25) is 0 Å². The van der Waals surface area contributed by atoms with E-state index in [0.717, 1.165) is 12.8 Å². The topological polar surface area (TPSA) is 35.5 Å². The van der Waals surface area contributed by atoms with Gasteiger partial charge >= 0.3 is 5.97 Å². The zero-order valence-electron chi connectivity index (χ0n) is 14.4.